The van der Waals surface area contributed by atoms with Gasteiger partial charge in [0.1, 0.15) is 0 Å². The van der Waals surface area contributed by atoms with Gasteiger partial charge in [0.25, 0.3) is 0 Å². The van der Waals surface area contributed by atoms with Crippen molar-refractivity contribution in [3.05, 3.63) is 25.5 Å². The van der Waals surface area contributed by atoms with E-state index in [-0.39, 0.29) is 0 Å². The summed E-state index contributed by atoms with van der Waals surface area (Å²) >= 11 is 0. The molecule has 10 heavy (non-hydrogen) atoms. The zero-order valence-corrected chi connectivity index (χ0v) is 5.20. The zero-order chi connectivity index (χ0) is 7.98. The average molecular weight is 142 g/mol. The summed E-state index contributed by atoms with van der Waals surface area (Å²) < 4.78 is 8.00. The summed E-state index contributed by atoms with van der Waals surface area (Å²) in [6.07, 6.45) is 0.600. The van der Waals surface area contributed by atoms with E-state index in [1.165, 1.54) is 0 Å². The van der Waals surface area contributed by atoms with E-state index in [0.717, 1.165) is 12.3 Å². The third kappa shape index (κ3) is 3.43. The van der Waals surface area contributed by atoms with Crippen molar-refractivity contribution in [3.63, 3.8) is 0 Å². The Kier molecular flexibility index (Phi) is 3.63. The van der Waals surface area contributed by atoms with Crippen LogP contribution >= 0.6 is 0 Å². The molecule has 0 fully saturated rings. The normalized spacial score (nSPS) is 7.60. The van der Waals surface area contributed by atoms with Crippen LogP contribution in [-0.4, -0.2) is 12.1 Å². The monoisotopic (exact) mass is 142 g/mol. The fourth-order valence-corrected chi connectivity index (χ4v) is 0.216. The highest BCUT2D eigenvalue weighted by atomic mass is 16.7. The summed E-state index contributed by atoms with van der Waals surface area (Å²) in [5, 5.41) is 0. The molecule has 0 heterocycles. The van der Waals surface area contributed by atoms with Crippen LogP contribution in [0.3, 0.4) is 0 Å². The largest absolute Gasteiger partial charge is 0.521 e. The molecule has 0 amide bonds. The number of carbonyl (C=O) groups is 2. The topological polar surface area (TPSA) is 52.6 Å². The molecule has 4 heteroatoms. The molecular formula is C6H6O4. The average Bonchev–Trinajstić information content (AvgIpc) is 1.88. The summed E-state index contributed by atoms with van der Waals surface area (Å²) in [5.41, 5.74) is 0. The van der Waals surface area contributed by atoms with E-state index < -0.39 is 12.1 Å². The van der Waals surface area contributed by atoms with Gasteiger partial charge in [0.05, 0.1) is 6.26 Å². The van der Waals surface area contributed by atoms with Crippen LogP contribution in [0, 0.1) is 0 Å². The van der Waals surface area contributed by atoms with Gasteiger partial charge < -0.3 is 9.47 Å². The van der Waals surface area contributed by atoms with E-state index >= 15 is 0 Å². The van der Waals surface area contributed by atoms with Crippen molar-refractivity contribution in [1.82, 2.24) is 0 Å². The third-order valence-electron chi connectivity index (χ3n) is 0.530. The maximum absolute atomic E-state index is 10.2. The van der Waals surface area contributed by atoms with Gasteiger partial charge in [-0.15, -0.1) is 0 Å². The Bertz CT molecular complexity index is 171. The minimum absolute atomic E-state index is 0.852. The lowest BCUT2D eigenvalue weighted by Gasteiger charge is -1.94. The third-order valence-corrected chi connectivity index (χ3v) is 0.530. The molecule has 0 saturated carbocycles. The molecule has 0 bridgehead atoms. The Morgan fingerprint density at radius 1 is 1.30 bits per heavy atom. The standard InChI is InChI=1S/C6H6O4/c1-3-5(7)10-6(8)9-4-2/h3-4H,1-2H2. The van der Waals surface area contributed by atoms with E-state index in [9.17, 15) is 9.59 Å². The van der Waals surface area contributed by atoms with Crippen LogP contribution in [0.1, 0.15) is 0 Å². The molecular weight excluding hydrogens is 136 g/mol. The first-order valence-corrected chi connectivity index (χ1v) is 2.36. The molecule has 0 spiro atoms. The Labute approximate surface area is 57.7 Å². The molecule has 0 aromatic rings. The lowest BCUT2D eigenvalue weighted by molar-refractivity contribution is -0.133. The summed E-state index contributed by atoms with van der Waals surface area (Å²) in [6, 6.07) is 0. The van der Waals surface area contributed by atoms with E-state index in [2.05, 4.69) is 22.6 Å². The Morgan fingerprint density at radius 3 is 2.30 bits per heavy atom. The van der Waals surface area contributed by atoms with Gasteiger partial charge in [-0.05, 0) is 0 Å². The van der Waals surface area contributed by atoms with Crippen molar-refractivity contribution in [3.8, 4) is 0 Å². The zero-order valence-electron chi connectivity index (χ0n) is 5.20. The maximum Gasteiger partial charge on any atom is 0.521 e. The van der Waals surface area contributed by atoms with Gasteiger partial charge in [-0.1, -0.05) is 13.2 Å². The van der Waals surface area contributed by atoms with Crippen molar-refractivity contribution in [2.75, 3.05) is 0 Å². The minimum Gasteiger partial charge on any atom is -0.403 e. The molecule has 0 unspecified atom stereocenters. The molecule has 0 aromatic heterocycles. The van der Waals surface area contributed by atoms with Gasteiger partial charge in [0, 0.05) is 6.08 Å². The predicted octanol–water partition coefficient (Wildman–Crippen LogP) is 0.996. The van der Waals surface area contributed by atoms with Crippen molar-refractivity contribution in [2.45, 2.75) is 0 Å². The lowest BCUT2D eigenvalue weighted by atomic mass is 10.7. The van der Waals surface area contributed by atoms with Gasteiger partial charge >= 0.3 is 12.1 Å². The predicted molar refractivity (Wildman–Crippen MR) is 33.0 cm³/mol. The molecule has 0 aliphatic heterocycles. The van der Waals surface area contributed by atoms with E-state index in [1.54, 1.807) is 0 Å². The maximum atomic E-state index is 10.2. The number of ether oxygens (including phenoxy) is 2. The smallest absolute Gasteiger partial charge is 0.403 e. The Balaban J connectivity index is 3.67. The Morgan fingerprint density at radius 2 is 1.90 bits per heavy atom. The number of rotatable bonds is 2. The number of hydrogen-bond donors (Lipinski definition) is 0. The quantitative estimate of drug-likeness (QED) is 0.250. The molecule has 0 rings (SSSR count). The van der Waals surface area contributed by atoms with Crippen molar-refractivity contribution < 1.29 is 19.1 Å². The van der Waals surface area contributed by atoms with Gasteiger partial charge in [-0.3, -0.25) is 0 Å². The second kappa shape index (κ2) is 4.31. The fourth-order valence-electron chi connectivity index (χ4n) is 0.216. The second-order valence-corrected chi connectivity index (χ2v) is 1.16. The molecule has 0 N–H and O–H groups in total. The summed E-state index contributed by atoms with van der Waals surface area (Å²) in [5.74, 6) is -0.855. The number of carbonyl (C=O) groups excluding carboxylic acids is 2. The van der Waals surface area contributed by atoms with E-state index in [0.29, 0.717) is 0 Å². The van der Waals surface area contributed by atoms with Crippen molar-refractivity contribution in [2.24, 2.45) is 0 Å². The highest BCUT2D eigenvalue weighted by Crippen LogP contribution is 1.86. The second-order valence-electron chi connectivity index (χ2n) is 1.16. The Hall–Kier alpha value is -1.58. The van der Waals surface area contributed by atoms with Crippen LogP contribution < -0.4 is 0 Å². The minimum atomic E-state index is -1.11. The van der Waals surface area contributed by atoms with Crippen LogP contribution in [-0.2, 0) is 14.3 Å². The molecule has 0 aliphatic carbocycles. The van der Waals surface area contributed by atoms with Crippen LogP contribution in [0.4, 0.5) is 4.79 Å². The molecule has 0 radical (unpaired) electrons. The van der Waals surface area contributed by atoms with Crippen LogP contribution in [0.15, 0.2) is 25.5 Å². The first-order chi connectivity index (χ1) is 4.70. The SMILES string of the molecule is C=COC(=O)OC(=O)C=C. The highest BCUT2D eigenvalue weighted by Gasteiger charge is 2.05. The van der Waals surface area contributed by atoms with Crippen molar-refractivity contribution >= 4 is 12.1 Å². The van der Waals surface area contributed by atoms with Crippen LogP contribution in [0.5, 0.6) is 0 Å². The first kappa shape index (κ1) is 8.42. The molecule has 0 aliphatic rings. The summed E-state index contributed by atoms with van der Waals surface area (Å²) in [6.45, 7) is 6.14. The van der Waals surface area contributed by atoms with E-state index in [4.69, 9.17) is 0 Å². The first-order valence-electron chi connectivity index (χ1n) is 2.36. The van der Waals surface area contributed by atoms with Gasteiger partial charge in [0.2, 0.25) is 0 Å². The fraction of sp³-hybridized carbons (Fsp3) is 0. The summed E-state index contributed by atoms with van der Waals surface area (Å²) in [4.78, 5) is 20.4. The van der Waals surface area contributed by atoms with Crippen LogP contribution in [0.2, 0.25) is 0 Å². The molecule has 0 atom stereocenters. The van der Waals surface area contributed by atoms with Gasteiger partial charge in [-0.25, -0.2) is 9.59 Å². The molecule has 54 valence electrons. The van der Waals surface area contributed by atoms with Crippen LogP contribution in [0.25, 0.3) is 0 Å². The summed E-state index contributed by atoms with van der Waals surface area (Å²) in [7, 11) is 0. The van der Waals surface area contributed by atoms with E-state index in [1.807, 2.05) is 0 Å². The van der Waals surface area contributed by atoms with Gasteiger partial charge in [-0.2, -0.15) is 0 Å². The van der Waals surface area contributed by atoms with Gasteiger partial charge in [0.15, 0.2) is 0 Å². The number of hydrogen-bond acceptors (Lipinski definition) is 4. The molecule has 4 nitrogen and oxygen atoms in total. The molecule has 0 aromatic carbocycles. The molecule has 0 saturated heterocycles. The lowest BCUT2D eigenvalue weighted by Crippen LogP contribution is -2.08. The van der Waals surface area contributed by atoms with Crippen molar-refractivity contribution in [1.29, 1.82) is 0 Å². The highest BCUT2D eigenvalue weighted by molar-refractivity contribution is 5.89. The number of esters is 1.